The molecule has 11 heteroatoms. The molecule has 0 spiro atoms. The summed E-state index contributed by atoms with van der Waals surface area (Å²) >= 11 is 0.983. The minimum atomic E-state index is -1.87. The molecule has 2 heterocycles. The summed E-state index contributed by atoms with van der Waals surface area (Å²) in [6, 6.07) is 6.10. The minimum Gasteiger partial charge on any atom is -0.496 e. The topological polar surface area (TPSA) is 124 Å². The standard InChI is InChI=1S/C27H30FN3O6S/c1-15-21(13-29)38-24-22(15)23(32)31(27(2,3)25(33)34)26(35)30(24)14-20(37-17-8-6-5-7-9-17)18-12-16(28)10-11-19(18)36-4/h10-12,17,20H,5-9,14H2,1-4H3,(H,33,34). The Morgan fingerprint density at radius 2 is 1.97 bits per heavy atom. The number of rotatable bonds is 8. The van der Waals surface area contributed by atoms with Crippen LogP contribution in [0.15, 0.2) is 27.8 Å². The lowest BCUT2D eigenvalue weighted by molar-refractivity contribution is -0.146. The van der Waals surface area contributed by atoms with E-state index in [1.54, 1.807) is 6.92 Å². The lowest BCUT2D eigenvalue weighted by Crippen LogP contribution is -2.52. The van der Waals surface area contributed by atoms with Crippen LogP contribution < -0.4 is 16.0 Å². The number of benzene rings is 1. The highest BCUT2D eigenvalue weighted by atomic mass is 32.1. The predicted octanol–water partition coefficient (Wildman–Crippen LogP) is 4.46. The van der Waals surface area contributed by atoms with Gasteiger partial charge in [0, 0.05) is 5.56 Å². The van der Waals surface area contributed by atoms with Gasteiger partial charge in [0.15, 0.2) is 0 Å². The quantitative estimate of drug-likeness (QED) is 0.445. The third-order valence-electron chi connectivity index (χ3n) is 7.19. The first-order valence-corrected chi connectivity index (χ1v) is 13.2. The zero-order valence-electron chi connectivity index (χ0n) is 21.7. The maximum atomic E-state index is 14.4. The van der Waals surface area contributed by atoms with E-state index in [0.29, 0.717) is 21.4 Å². The van der Waals surface area contributed by atoms with Crippen molar-refractivity contribution in [2.24, 2.45) is 0 Å². The van der Waals surface area contributed by atoms with Crippen molar-refractivity contribution >= 4 is 27.5 Å². The van der Waals surface area contributed by atoms with Crippen molar-refractivity contribution in [2.75, 3.05) is 7.11 Å². The fourth-order valence-corrected chi connectivity index (χ4v) is 6.07. The van der Waals surface area contributed by atoms with Gasteiger partial charge in [-0.1, -0.05) is 19.3 Å². The van der Waals surface area contributed by atoms with Crippen LogP contribution in [0.25, 0.3) is 10.2 Å². The van der Waals surface area contributed by atoms with Gasteiger partial charge >= 0.3 is 11.7 Å². The van der Waals surface area contributed by atoms with Gasteiger partial charge in [-0.25, -0.2) is 18.5 Å². The molecule has 0 bridgehead atoms. The van der Waals surface area contributed by atoms with Crippen LogP contribution in [0.5, 0.6) is 5.75 Å². The zero-order chi connectivity index (χ0) is 27.8. The summed E-state index contributed by atoms with van der Waals surface area (Å²) in [6.07, 6.45) is 3.69. The summed E-state index contributed by atoms with van der Waals surface area (Å²) in [6.45, 7) is 3.99. The molecule has 202 valence electrons. The molecule has 3 aromatic rings. The van der Waals surface area contributed by atoms with Crippen molar-refractivity contribution in [3.05, 3.63) is 60.9 Å². The molecule has 1 fully saturated rings. The Hall–Kier alpha value is -3.49. The first-order valence-electron chi connectivity index (χ1n) is 12.4. The Bertz CT molecular complexity index is 1540. The molecular formula is C27H30FN3O6S. The van der Waals surface area contributed by atoms with Gasteiger partial charge in [-0.15, -0.1) is 11.3 Å². The van der Waals surface area contributed by atoms with Crippen LogP contribution >= 0.6 is 11.3 Å². The number of methoxy groups -OCH3 is 1. The van der Waals surface area contributed by atoms with E-state index >= 15 is 0 Å². The van der Waals surface area contributed by atoms with Crippen molar-refractivity contribution in [1.82, 2.24) is 9.13 Å². The van der Waals surface area contributed by atoms with Crippen molar-refractivity contribution in [1.29, 1.82) is 5.26 Å². The summed E-state index contributed by atoms with van der Waals surface area (Å²) in [7, 11) is 1.45. The van der Waals surface area contributed by atoms with E-state index in [2.05, 4.69) is 6.07 Å². The number of carbonyl (C=O) groups is 1. The molecule has 1 N–H and O–H groups in total. The number of carboxylic acid groups (broad SMARTS) is 1. The number of carboxylic acids is 1. The van der Waals surface area contributed by atoms with Gasteiger partial charge in [0.25, 0.3) is 5.56 Å². The molecule has 9 nitrogen and oxygen atoms in total. The van der Waals surface area contributed by atoms with Crippen LogP contribution in [0.4, 0.5) is 4.39 Å². The summed E-state index contributed by atoms with van der Waals surface area (Å²) in [5.74, 6) is -1.50. The average Bonchev–Trinajstić information content (AvgIpc) is 3.22. The number of thiophene rings is 1. The van der Waals surface area contributed by atoms with Crippen LogP contribution in [0.2, 0.25) is 0 Å². The number of aryl methyl sites for hydroxylation is 1. The molecular weight excluding hydrogens is 513 g/mol. The first-order chi connectivity index (χ1) is 18.0. The van der Waals surface area contributed by atoms with Gasteiger partial charge in [-0.2, -0.15) is 5.26 Å². The largest absolute Gasteiger partial charge is 0.496 e. The number of hydrogen-bond acceptors (Lipinski definition) is 7. The molecule has 2 aromatic heterocycles. The zero-order valence-corrected chi connectivity index (χ0v) is 22.6. The highest BCUT2D eigenvalue weighted by molar-refractivity contribution is 7.19. The van der Waals surface area contributed by atoms with Gasteiger partial charge in [0.05, 0.1) is 25.1 Å². The van der Waals surface area contributed by atoms with Crippen molar-refractivity contribution < 1.29 is 23.8 Å². The molecule has 0 amide bonds. The number of nitrogens with zero attached hydrogens (tertiary/aromatic N) is 3. The normalized spacial score (nSPS) is 15.4. The highest BCUT2D eigenvalue weighted by Gasteiger charge is 2.36. The van der Waals surface area contributed by atoms with Crippen molar-refractivity contribution in [2.45, 2.75) is 77.2 Å². The monoisotopic (exact) mass is 543 g/mol. The van der Waals surface area contributed by atoms with Gasteiger partial charge in [0.1, 0.15) is 39.0 Å². The molecule has 0 aliphatic heterocycles. The van der Waals surface area contributed by atoms with E-state index in [0.717, 1.165) is 43.4 Å². The number of fused-ring (bicyclic) bond motifs is 1. The molecule has 1 saturated carbocycles. The first kappa shape index (κ1) is 27.5. The molecule has 1 aromatic carbocycles. The second-order valence-corrected chi connectivity index (χ2v) is 11.0. The Morgan fingerprint density at radius 3 is 2.58 bits per heavy atom. The Labute approximate surface area is 222 Å². The van der Waals surface area contributed by atoms with E-state index in [9.17, 15) is 29.1 Å². The van der Waals surface area contributed by atoms with Crippen molar-refractivity contribution in [3.63, 3.8) is 0 Å². The van der Waals surface area contributed by atoms with Gasteiger partial charge in [-0.05, 0) is 57.4 Å². The van der Waals surface area contributed by atoms with Crippen LogP contribution in [0, 0.1) is 24.1 Å². The fraction of sp³-hybridized carbons (Fsp3) is 0.481. The summed E-state index contributed by atoms with van der Waals surface area (Å²) in [4.78, 5) is 40.0. The number of aromatic nitrogens is 2. The second kappa shape index (κ2) is 10.7. The van der Waals surface area contributed by atoms with E-state index in [-0.39, 0.29) is 27.7 Å². The Kier molecular flexibility index (Phi) is 7.76. The number of nitriles is 1. The molecule has 1 aliphatic rings. The number of aliphatic carboxylic acids is 1. The molecule has 1 unspecified atom stereocenters. The second-order valence-electron chi connectivity index (χ2n) is 10.0. The predicted molar refractivity (Wildman–Crippen MR) is 140 cm³/mol. The minimum absolute atomic E-state index is 0.100. The van der Waals surface area contributed by atoms with Crippen LogP contribution in [-0.4, -0.2) is 33.4 Å². The van der Waals surface area contributed by atoms with E-state index in [4.69, 9.17) is 9.47 Å². The molecule has 0 radical (unpaired) electrons. The molecule has 0 saturated heterocycles. The fourth-order valence-electron chi connectivity index (χ4n) is 4.97. The number of halogens is 1. The molecule has 1 aliphatic carbocycles. The van der Waals surface area contributed by atoms with E-state index in [1.165, 1.54) is 43.7 Å². The third kappa shape index (κ3) is 4.86. The molecule has 4 rings (SSSR count). The van der Waals surface area contributed by atoms with Gasteiger partial charge in [0.2, 0.25) is 0 Å². The lowest BCUT2D eigenvalue weighted by Gasteiger charge is -2.30. The van der Waals surface area contributed by atoms with Gasteiger partial charge < -0.3 is 14.6 Å². The maximum Gasteiger partial charge on any atom is 0.333 e. The molecule has 1 atom stereocenters. The number of ether oxygens (including phenoxy) is 2. The summed E-state index contributed by atoms with van der Waals surface area (Å²) in [5.41, 5.74) is -2.75. The van der Waals surface area contributed by atoms with Crippen LogP contribution in [-0.2, 0) is 21.6 Å². The Morgan fingerprint density at radius 1 is 1.29 bits per heavy atom. The smallest absolute Gasteiger partial charge is 0.333 e. The number of hydrogen-bond donors (Lipinski definition) is 1. The van der Waals surface area contributed by atoms with Gasteiger partial charge in [-0.3, -0.25) is 9.36 Å². The summed E-state index contributed by atoms with van der Waals surface area (Å²) in [5, 5.41) is 19.6. The lowest BCUT2D eigenvalue weighted by atomic mass is 9.97. The Balaban J connectivity index is 1.99. The van der Waals surface area contributed by atoms with Crippen LogP contribution in [0.3, 0.4) is 0 Å². The SMILES string of the molecule is COc1ccc(F)cc1C(Cn1c(=O)n(C(C)(C)C(=O)O)c(=O)c2c(C)c(C#N)sc21)OC1CCCCC1. The van der Waals surface area contributed by atoms with Crippen LogP contribution in [0.1, 0.15) is 68.1 Å². The van der Waals surface area contributed by atoms with E-state index < -0.39 is 34.7 Å². The molecule has 38 heavy (non-hydrogen) atoms. The summed E-state index contributed by atoms with van der Waals surface area (Å²) < 4.78 is 28.4. The third-order valence-corrected chi connectivity index (χ3v) is 8.41. The van der Waals surface area contributed by atoms with Crippen molar-refractivity contribution in [3.8, 4) is 11.8 Å². The maximum absolute atomic E-state index is 14.4. The average molecular weight is 544 g/mol. The highest BCUT2D eigenvalue weighted by Crippen LogP contribution is 2.35. The van der Waals surface area contributed by atoms with E-state index in [1.807, 2.05) is 0 Å².